The Hall–Kier alpha value is -1.61. The lowest BCUT2D eigenvalue weighted by molar-refractivity contribution is 0.603. The predicted molar refractivity (Wildman–Crippen MR) is 80.1 cm³/mol. The number of benzene rings is 1. The second-order valence-electron chi connectivity index (χ2n) is 4.92. The largest absolute Gasteiger partial charge is 0.313 e. The minimum absolute atomic E-state index is 0.923. The van der Waals surface area contributed by atoms with Crippen LogP contribution in [0.25, 0.3) is 11.1 Å². The first kappa shape index (κ1) is 13.8. The molecule has 0 fully saturated rings. The molecule has 1 heterocycles. The third-order valence-electron chi connectivity index (χ3n) is 3.28. The summed E-state index contributed by atoms with van der Waals surface area (Å²) in [7, 11) is 0. The van der Waals surface area contributed by atoms with Gasteiger partial charge in [-0.3, -0.25) is 4.68 Å². The van der Waals surface area contributed by atoms with Crippen molar-refractivity contribution in [1.82, 2.24) is 15.1 Å². The third-order valence-corrected chi connectivity index (χ3v) is 3.28. The van der Waals surface area contributed by atoms with Crippen molar-refractivity contribution in [3.63, 3.8) is 0 Å². The number of nitrogens with one attached hydrogen (secondary N) is 1. The molecule has 1 N–H and O–H groups in total. The highest BCUT2D eigenvalue weighted by Crippen LogP contribution is 2.24. The minimum Gasteiger partial charge on any atom is -0.313 e. The average molecular weight is 257 g/mol. The molecule has 0 saturated heterocycles. The Balaban J connectivity index is 2.26. The molecule has 0 radical (unpaired) electrons. The van der Waals surface area contributed by atoms with Crippen molar-refractivity contribution in [2.45, 2.75) is 40.3 Å². The minimum atomic E-state index is 0.923. The van der Waals surface area contributed by atoms with E-state index in [9.17, 15) is 0 Å². The smallest absolute Gasteiger partial charge is 0.0568 e. The highest BCUT2D eigenvalue weighted by Gasteiger charge is 2.06. The summed E-state index contributed by atoms with van der Waals surface area (Å²) >= 11 is 0. The topological polar surface area (TPSA) is 29.9 Å². The molecule has 1 aromatic heterocycles. The number of nitrogens with zero attached hydrogens (tertiary/aromatic N) is 2. The Bertz CT molecular complexity index is 529. The first-order valence-corrected chi connectivity index (χ1v) is 7.07. The molecule has 19 heavy (non-hydrogen) atoms. The van der Waals surface area contributed by atoms with Gasteiger partial charge in [0, 0.05) is 24.8 Å². The molecule has 3 nitrogen and oxygen atoms in total. The van der Waals surface area contributed by atoms with Crippen molar-refractivity contribution in [3.8, 4) is 11.1 Å². The van der Waals surface area contributed by atoms with Crippen LogP contribution < -0.4 is 5.32 Å². The number of hydrogen-bond donors (Lipinski definition) is 1. The number of aromatic nitrogens is 2. The van der Waals surface area contributed by atoms with Crippen molar-refractivity contribution in [3.05, 3.63) is 41.7 Å². The Morgan fingerprint density at radius 2 is 2.11 bits per heavy atom. The number of hydrogen-bond acceptors (Lipinski definition) is 2. The van der Waals surface area contributed by atoms with Gasteiger partial charge in [-0.05, 0) is 42.6 Å². The van der Waals surface area contributed by atoms with Crippen LogP contribution in [0, 0.1) is 6.92 Å². The molecule has 0 unspecified atom stereocenters. The van der Waals surface area contributed by atoms with Crippen molar-refractivity contribution >= 4 is 0 Å². The summed E-state index contributed by atoms with van der Waals surface area (Å²) in [6, 6.07) is 6.66. The van der Waals surface area contributed by atoms with Gasteiger partial charge in [0.2, 0.25) is 0 Å². The van der Waals surface area contributed by atoms with Gasteiger partial charge in [0.15, 0.2) is 0 Å². The van der Waals surface area contributed by atoms with Crippen LogP contribution >= 0.6 is 0 Å². The molecule has 0 spiro atoms. The van der Waals surface area contributed by atoms with Crippen LogP contribution in [0.2, 0.25) is 0 Å². The van der Waals surface area contributed by atoms with E-state index >= 15 is 0 Å². The lowest BCUT2D eigenvalue weighted by atomic mass is 10.0. The van der Waals surface area contributed by atoms with Crippen LogP contribution in [-0.4, -0.2) is 16.3 Å². The van der Waals surface area contributed by atoms with E-state index in [0.717, 1.165) is 26.1 Å². The molecule has 3 heteroatoms. The molecular weight excluding hydrogens is 234 g/mol. The summed E-state index contributed by atoms with van der Waals surface area (Å²) in [6.07, 6.45) is 5.22. The van der Waals surface area contributed by atoms with Crippen LogP contribution in [0.1, 0.15) is 31.4 Å². The third kappa shape index (κ3) is 3.44. The Morgan fingerprint density at radius 1 is 1.26 bits per heavy atom. The van der Waals surface area contributed by atoms with Crippen LogP contribution in [0.5, 0.6) is 0 Å². The SMILES string of the molecule is CCCn1cc(-c2cc(CNCC)ccc2C)cn1. The van der Waals surface area contributed by atoms with Gasteiger partial charge in [-0.1, -0.05) is 26.0 Å². The zero-order valence-electron chi connectivity index (χ0n) is 12.1. The fourth-order valence-electron chi connectivity index (χ4n) is 2.21. The van der Waals surface area contributed by atoms with Gasteiger partial charge >= 0.3 is 0 Å². The zero-order valence-corrected chi connectivity index (χ0v) is 12.1. The lowest BCUT2D eigenvalue weighted by Crippen LogP contribution is -2.11. The van der Waals surface area contributed by atoms with E-state index in [-0.39, 0.29) is 0 Å². The molecule has 2 rings (SSSR count). The second kappa shape index (κ2) is 6.53. The highest BCUT2D eigenvalue weighted by molar-refractivity contribution is 5.66. The maximum atomic E-state index is 4.42. The lowest BCUT2D eigenvalue weighted by Gasteiger charge is -2.08. The molecular formula is C16H23N3. The van der Waals surface area contributed by atoms with Gasteiger partial charge in [0.25, 0.3) is 0 Å². The van der Waals surface area contributed by atoms with Gasteiger partial charge in [-0.2, -0.15) is 5.10 Å². The molecule has 102 valence electrons. The first-order chi connectivity index (χ1) is 9.24. The Morgan fingerprint density at radius 3 is 2.84 bits per heavy atom. The van der Waals surface area contributed by atoms with E-state index in [1.807, 2.05) is 10.9 Å². The summed E-state index contributed by atoms with van der Waals surface area (Å²) in [5, 5.41) is 7.78. The number of rotatable bonds is 6. The summed E-state index contributed by atoms with van der Waals surface area (Å²) < 4.78 is 2.02. The average Bonchev–Trinajstić information content (AvgIpc) is 2.87. The van der Waals surface area contributed by atoms with Crippen LogP contribution in [0.15, 0.2) is 30.6 Å². The fourth-order valence-corrected chi connectivity index (χ4v) is 2.21. The van der Waals surface area contributed by atoms with Crippen LogP contribution in [0.3, 0.4) is 0 Å². The van der Waals surface area contributed by atoms with Gasteiger partial charge < -0.3 is 5.32 Å². The monoisotopic (exact) mass is 257 g/mol. The molecule has 0 bridgehead atoms. The maximum absolute atomic E-state index is 4.42. The van der Waals surface area contributed by atoms with E-state index in [4.69, 9.17) is 0 Å². The van der Waals surface area contributed by atoms with E-state index in [0.29, 0.717) is 0 Å². The molecule has 2 aromatic rings. The highest BCUT2D eigenvalue weighted by atomic mass is 15.3. The van der Waals surface area contributed by atoms with Crippen LogP contribution in [-0.2, 0) is 13.1 Å². The number of aryl methyl sites for hydroxylation is 2. The van der Waals surface area contributed by atoms with E-state index in [1.54, 1.807) is 0 Å². The fraction of sp³-hybridized carbons (Fsp3) is 0.438. The molecule has 1 aromatic carbocycles. The zero-order chi connectivity index (χ0) is 13.7. The van der Waals surface area contributed by atoms with Crippen molar-refractivity contribution in [1.29, 1.82) is 0 Å². The standard InChI is InChI=1S/C16H23N3/c1-4-8-19-12-15(11-18-19)16-9-14(10-17-5-2)7-6-13(16)3/h6-7,9,11-12,17H,4-5,8,10H2,1-3H3. The predicted octanol–water partition coefficient (Wildman–Crippen LogP) is 3.38. The molecule has 0 aliphatic heterocycles. The van der Waals surface area contributed by atoms with E-state index in [1.165, 1.54) is 22.3 Å². The first-order valence-electron chi connectivity index (χ1n) is 7.07. The summed E-state index contributed by atoms with van der Waals surface area (Å²) in [5.74, 6) is 0. The molecule has 0 aliphatic rings. The van der Waals surface area contributed by atoms with Gasteiger partial charge in [-0.25, -0.2) is 0 Å². The van der Waals surface area contributed by atoms with Crippen LogP contribution in [0.4, 0.5) is 0 Å². The Labute approximate surface area is 115 Å². The van der Waals surface area contributed by atoms with E-state index in [2.05, 4.69) is 55.6 Å². The quantitative estimate of drug-likeness (QED) is 0.859. The summed E-state index contributed by atoms with van der Waals surface area (Å²) in [5.41, 5.74) is 5.13. The summed E-state index contributed by atoms with van der Waals surface area (Å²) in [6.45, 7) is 9.36. The molecule has 0 amide bonds. The molecule has 0 aliphatic carbocycles. The Kier molecular flexibility index (Phi) is 4.74. The van der Waals surface area contributed by atoms with Gasteiger partial charge in [0.1, 0.15) is 0 Å². The molecule has 0 atom stereocenters. The maximum Gasteiger partial charge on any atom is 0.0568 e. The molecule has 0 saturated carbocycles. The van der Waals surface area contributed by atoms with Gasteiger partial charge in [0.05, 0.1) is 6.20 Å². The second-order valence-corrected chi connectivity index (χ2v) is 4.92. The van der Waals surface area contributed by atoms with Gasteiger partial charge in [-0.15, -0.1) is 0 Å². The van der Waals surface area contributed by atoms with E-state index < -0.39 is 0 Å². The normalized spacial score (nSPS) is 10.9. The summed E-state index contributed by atoms with van der Waals surface area (Å²) in [4.78, 5) is 0. The van der Waals surface area contributed by atoms with Crippen molar-refractivity contribution in [2.75, 3.05) is 6.54 Å². The van der Waals surface area contributed by atoms with Crippen molar-refractivity contribution < 1.29 is 0 Å². The van der Waals surface area contributed by atoms with Crippen molar-refractivity contribution in [2.24, 2.45) is 0 Å².